The largest absolute Gasteiger partial charge is 0.351 e. The van der Waals surface area contributed by atoms with Gasteiger partial charge in [-0.15, -0.1) is 22.0 Å². The first-order valence-corrected chi connectivity index (χ1v) is 10.8. The van der Waals surface area contributed by atoms with Crippen molar-refractivity contribution in [1.82, 2.24) is 24.7 Å². The molecule has 0 fully saturated rings. The van der Waals surface area contributed by atoms with Gasteiger partial charge in [0.15, 0.2) is 5.82 Å². The molecule has 0 radical (unpaired) electrons. The minimum Gasteiger partial charge on any atom is -0.351 e. The van der Waals surface area contributed by atoms with Crippen molar-refractivity contribution in [3.05, 3.63) is 66.6 Å². The van der Waals surface area contributed by atoms with Crippen LogP contribution >= 0.6 is 11.8 Å². The second-order valence-corrected chi connectivity index (χ2v) is 7.91. The smallest absolute Gasteiger partial charge is 0.273 e. The summed E-state index contributed by atoms with van der Waals surface area (Å²) in [5, 5.41) is 11.0. The van der Waals surface area contributed by atoms with Crippen molar-refractivity contribution < 1.29 is 4.79 Å². The molecule has 4 aromatic rings. The molecule has 8 heteroatoms. The minimum absolute atomic E-state index is 0.206. The highest BCUT2D eigenvalue weighted by atomic mass is 32.2. The van der Waals surface area contributed by atoms with Gasteiger partial charge in [-0.1, -0.05) is 18.2 Å². The molecule has 0 aliphatic rings. The van der Waals surface area contributed by atoms with Crippen molar-refractivity contribution in [2.24, 2.45) is 0 Å². The summed E-state index contributed by atoms with van der Waals surface area (Å²) in [6, 6.07) is 17.5. The maximum Gasteiger partial charge on any atom is 0.273 e. The van der Waals surface area contributed by atoms with Gasteiger partial charge in [0.2, 0.25) is 0 Å². The van der Waals surface area contributed by atoms with Crippen molar-refractivity contribution >= 4 is 23.5 Å². The quantitative estimate of drug-likeness (QED) is 0.435. The van der Waals surface area contributed by atoms with Gasteiger partial charge >= 0.3 is 0 Å². The van der Waals surface area contributed by atoms with E-state index >= 15 is 0 Å². The van der Waals surface area contributed by atoms with Crippen LogP contribution in [0.25, 0.3) is 22.8 Å². The van der Waals surface area contributed by atoms with Gasteiger partial charge < -0.3 is 14.9 Å². The third kappa shape index (κ3) is 4.13. The molecular formula is C22H22N6OS. The number of amides is 1. The van der Waals surface area contributed by atoms with E-state index in [0.717, 1.165) is 11.3 Å². The number of H-pyrrole nitrogens is 1. The van der Waals surface area contributed by atoms with Gasteiger partial charge in [0, 0.05) is 16.6 Å². The standard InChI is InChI=1S/C22H22N6OS/c1-14(2)28-13-23-27-21(28)18-5-4-6-20(25-18)26-22(29)19-12-11-17(24-19)15-7-9-16(30-3)10-8-15/h4-14,24H,1-3H3,(H,25,26,29). The number of hydrogen-bond acceptors (Lipinski definition) is 5. The zero-order chi connectivity index (χ0) is 21.1. The molecule has 0 saturated carbocycles. The van der Waals surface area contributed by atoms with Crippen LogP contribution in [0.15, 0.2) is 65.8 Å². The number of hydrogen-bond donors (Lipinski definition) is 2. The Morgan fingerprint density at radius 1 is 1.10 bits per heavy atom. The Morgan fingerprint density at radius 2 is 1.90 bits per heavy atom. The highest BCUT2D eigenvalue weighted by molar-refractivity contribution is 7.98. The molecule has 0 bridgehead atoms. The number of aromatic amines is 1. The Hall–Kier alpha value is -3.39. The van der Waals surface area contributed by atoms with Crippen molar-refractivity contribution in [3.63, 3.8) is 0 Å². The zero-order valence-corrected chi connectivity index (χ0v) is 17.8. The molecule has 4 rings (SSSR count). The molecule has 0 atom stereocenters. The number of nitrogens with one attached hydrogen (secondary N) is 2. The summed E-state index contributed by atoms with van der Waals surface area (Å²) in [6.45, 7) is 4.10. The average Bonchev–Trinajstić information content (AvgIpc) is 3.44. The van der Waals surface area contributed by atoms with Crippen molar-refractivity contribution in [1.29, 1.82) is 0 Å². The molecular weight excluding hydrogens is 396 g/mol. The maximum atomic E-state index is 12.7. The van der Waals surface area contributed by atoms with Gasteiger partial charge in [-0.05, 0) is 62.1 Å². The van der Waals surface area contributed by atoms with Gasteiger partial charge in [0.1, 0.15) is 23.5 Å². The number of pyridine rings is 1. The maximum absolute atomic E-state index is 12.7. The molecule has 3 aromatic heterocycles. The fraction of sp³-hybridized carbons (Fsp3) is 0.182. The van der Waals surface area contributed by atoms with Crippen LogP contribution in [0.5, 0.6) is 0 Å². The number of carbonyl (C=O) groups is 1. The molecule has 1 aromatic carbocycles. The molecule has 7 nitrogen and oxygen atoms in total. The molecule has 1 amide bonds. The zero-order valence-electron chi connectivity index (χ0n) is 17.0. The van der Waals surface area contributed by atoms with E-state index in [1.54, 1.807) is 30.2 Å². The Morgan fingerprint density at radius 3 is 2.63 bits per heavy atom. The lowest BCUT2D eigenvalue weighted by molar-refractivity contribution is 0.102. The van der Waals surface area contributed by atoms with E-state index in [1.807, 2.05) is 41.2 Å². The number of benzene rings is 1. The second kappa shape index (κ2) is 8.54. The third-order valence-corrected chi connectivity index (χ3v) is 5.42. The van der Waals surface area contributed by atoms with Gasteiger partial charge in [-0.3, -0.25) is 4.79 Å². The van der Waals surface area contributed by atoms with Crippen molar-refractivity contribution in [2.75, 3.05) is 11.6 Å². The molecule has 3 heterocycles. The summed E-state index contributed by atoms with van der Waals surface area (Å²) in [6.07, 6.45) is 3.72. The van der Waals surface area contributed by atoms with E-state index in [9.17, 15) is 4.79 Å². The lowest BCUT2D eigenvalue weighted by Gasteiger charge is -2.10. The summed E-state index contributed by atoms with van der Waals surface area (Å²) in [5.74, 6) is 0.866. The molecule has 0 saturated heterocycles. The molecule has 0 unspecified atom stereocenters. The van der Waals surface area contributed by atoms with Crippen LogP contribution in [0.3, 0.4) is 0 Å². The van der Waals surface area contributed by atoms with E-state index in [2.05, 4.69) is 51.5 Å². The molecule has 0 spiro atoms. The fourth-order valence-corrected chi connectivity index (χ4v) is 3.49. The number of rotatable bonds is 6. The van der Waals surface area contributed by atoms with Crippen LogP contribution in [0, 0.1) is 0 Å². The Kier molecular flexibility index (Phi) is 5.67. The molecule has 0 aliphatic heterocycles. The minimum atomic E-state index is -0.253. The Bertz CT molecular complexity index is 1160. The topological polar surface area (TPSA) is 88.5 Å². The molecule has 2 N–H and O–H groups in total. The van der Waals surface area contributed by atoms with E-state index in [4.69, 9.17) is 0 Å². The Balaban J connectivity index is 1.52. The number of nitrogens with zero attached hydrogens (tertiary/aromatic N) is 4. The van der Waals surface area contributed by atoms with Gasteiger partial charge in [-0.25, -0.2) is 4.98 Å². The van der Waals surface area contributed by atoms with E-state index in [-0.39, 0.29) is 11.9 Å². The second-order valence-electron chi connectivity index (χ2n) is 7.03. The first-order chi connectivity index (χ1) is 14.5. The molecule has 0 aliphatic carbocycles. The van der Waals surface area contributed by atoms with Crippen LogP contribution in [0.1, 0.15) is 30.4 Å². The number of anilines is 1. The van der Waals surface area contributed by atoms with Crippen LogP contribution in [0.2, 0.25) is 0 Å². The predicted octanol–water partition coefficient (Wildman–Crippen LogP) is 4.89. The van der Waals surface area contributed by atoms with Crippen LogP contribution in [-0.4, -0.2) is 36.9 Å². The normalized spacial score (nSPS) is 11.1. The SMILES string of the molecule is CSc1ccc(-c2ccc(C(=O)Nc3cccc(-c4nncn4C(C)C)n3)[nH]2)cc1. The summed E-state index contributed by atoms with van der Waals surface area (Å²) in [5.41, 5.74) is 3.04. The third-order valence-electron chi connectivity index (χ3n) is 4.68. The summed E-state index contributed by atoms with van der Waals surface area (Å²) in [7, 11) is 0. The average molecular weight is 419 g/mol. The highest BCUT2D eigenvalue weighted by Crippen LogP contribution is 2.23. The predicted molar refractivity (Wildman–Crippen MR) is 120 cm³/mol. The van der Waals surface area contributed by atoms with Gasteiger partial charge in [0.25, 0.3) is 5.91 Å². The van der Waals surface area contributed by atoms with Crippen molar-refractivity contribution in [3.8, 4) is 22.8 Å². The summed E-state index contributed by atoms with van der Waals surface area (Å²) >= 11 is 1.70. The number of carbonyl (C=O) groups excluding carboxylic acids is 1. The summed E-state index contributed by atoms with van der Waals surface area (Å²) in [4.78, 5) is 21.6. The first-order valence-electron chi connectivity index (χ1n) is 9.57. The van der Waals surface area contributed by atoms with E-state index < -0.39 is 0 Å². The van der Waals surface area contributed by atoms with Crippen LogP contribution < -0.4 is 5.32 Å². The number of thioether (sulfide) groups is 1. The first kappa shape index (κ1) is 19.9. The van der Waals surface area contributed by atoms with E-state index in [0.29, 0.717) is 23.0 Å². The van der Waals surface area contributed by atoms with Gasteiger partial charge in [-0.2, -0.15) is 0 Å². The Labute approximate surface area is 179 Å². The van der Waals surface area contributed by atoms with E-state index in [1.165, 1.54) is 4.90 Å². The summed E-state index contributed by atoms with van der Waals surface area (Å²) < 4.78 is 1.94. The lowest BCUT2D eigenvalue weighted by atomic mass is 10.2. The van der Waals surface area contributed by atoms with Crippen molar-refractivity contribution in [2.45, 2.75) is 24.8 Å². The monoisotopic (exact) mass is 418 g/mol. The van der Waals surface area contributed by atoms with Gasteiger partial charge in [0.05, 0.1) is 0 Å². The van der Waals surface area contributed by atoms with Crippen LogP contribution in [-0.2, 0) is 0 Å². The fourth-order valence-electron chi connectivity index (χ4n) is 3.08. The van der Waals surface area contributed by atoms with Crippen LogP contribution in [0.4, 0.5) is 5.82 Å². The number of aromatic nitrogens is 5. The molecule has 30 heavy (non-hydrogen) atoms. The molecule has 152 valence electrons. The highest BCUT2D eigenvalue weighted by Gasteiger charge is 2.14. The lowest BCUT2D eigenvalue weighted by Crippen LogP contribution is -2.13.